The molecule has 0 bridgehead atoms. The highest BCUT2D eigenvalue weighted by Gasteiger charge is 2.30. The van der Waals surface area contributed by atoms with Gasteiger partial charge in [-0.25, -0.2) is 0 Å². The Balaban J connectivity index is 1.86. The van der Waals surface area contributed by atoms with Crippen molar-refractivity contribution in [3.8, 4) is 16.9 Å². The number of hydrogen-bond acceptors (Lipinski definition) is 3. The number of halogens is 3. The van der Waals surface area contributed by atoms with E-state index >= 15 is 0 Å². The topological polar surface area (TPSA) is 24.8 Å². The van der Waals surface area contributed by atoms with Gasteiger partial charge in [-0.15, -0.1) is 13.2 Å². The van der Waals surface area contributed by atoms with Gasteiger partial charge in [0.2, 0.25) is 0 Å². The minimum absolute atomic E-state index is 0.221. The molecule has 22 heavy (non-hydrogen) atoms. The largest absolute Gasteiger partial charge is 0.573 e. The first kappa shape index (κ1) is 14.4. The molecule has 1 aliphatic heterocycles. The van der Waals surface area contributed by atoms with Crippen molar-refractivity contribution >= 4 is 6.21 Å². The van der Waals surface area contributed by atoms with Gasteiger partial charge < -0.3 is 4.74 Å². The number of alkyl halides is 3. The van der Waals surface area contributed by atoms with Crippen LogP contribution in [0.5, 0.6) is 5.75 Å². The molecule has 0 atom stereocenters. The molecule has 0 amide bonds. The predicted molar refractivity (Wildman–Crippen MR) is 77.6 cm³/mol. The quantitative estimate of drug-likeness (QED) is 0.837. The van der Waals surface area contributed by atoms with Crippen molar-refractivity contribution in [2.24, 2.45) is 5.10 Å². The number of hydrazone groups is 1. The Morgan fingerprint density at radius 1 is 1.05 bits per heavy atom. The van der Waals surface area contributed by atoms with Crippen LogP contribution in [0.15, 0.2) is 47.6 Å². The fourth-order valence-corrected chi connectivity index (χ4v) is 2.35. The molecule has 0 aliphatic carbocycles. The second-order valence-electron chi connectivity index (χ2n) is 5.05. The van der Waals surface area contributed by atoms with E-state index in [9.17, 15) is 13.2 Å². The average molecular weight is 306 g/mol. The summed E-state index contributed by atoms with van der Waals surface area (Å²) in [6.45, 7) is 0.703. The van der Waals surface area contributed by atoms with Crippen LogP contribution < -0.4 is 4.74 Å². The third-order valence-corrected chi connectivity index (χ3v) is 3.36. The zero-order valence-corrected chi connectivity index (χ0v) is 11.8. The number of benzene rings is 2. The van der Waals surface area contributed by atoms with E-state index in [1.54, 1.807) is 18.3 Å². The normalized spacial score (nSPS) is 13.9. The number of hydrogen-bond donors (Lipinski definition) is 0. The number of nitrogens with zero attached hydrogens (tertiary/aromatic N) is 2. The molecule has 0 spiro atoms. The SMILES string of the molecule is CN1Cc2cc(-c3ccc(OC(F)(F)F)cc3)ccc2C=N1. The fraction of sp³-hybridized carbons (Fsp3) is 0.188. The first-order valence-corrected chi connectivity index (χ1v) is 6.65. The second kappa shape index (κ2) is 5.36. The molecule has 0 aromatic heterocycles. The molecule has 6 heteroatoms. The summed E-state index contributed by atoms with van der Waals surface area (Å²) in [7, 11) is 1.88. The Morgan fingerprint density at radius 2 is 1.73 bits per heavy atom. The van der Waals surface area contributed by atoms with Crippen LogP contribution in [0.25, 0.3) is 11.1 Å². The third kappa shape index (κ3) is 3.21. The van der Waals surface area contributed by atoms with Gasteiger partial charge in [0.05, 0.1) is 12.8 Å². The predicted octanol–water partition coefficient (Wildman–Crippen LogP) is 4.03. The van der Waals surface area contributed by atoms with Gasteiger partial charge in [-0.1, -0.05) is 24.3 Å². The summed E-state index contributed by atoms with van der Waals surface area (Å²) in [5.74, 6) is -0.221. The lowest BCUT2D eigenvalue weighted by molar-refractivity contribution is -0.274. The van der Waals surface area contributed by atoms with Crippen molar-refractivity contribution in [3.63, 3.8) is 0 Å². The van der Waals surface area contributed by atoms with Crippen molar-refractivity contribution in [1.82, 2.24) is 5.01 Å². The van der Waals surface area contributed by atoms with Crippen molar-refractivity contribution in [1.29, 1.82) is 0 Å². The highest BCUT2D eigenvalue weighted by Crippen LogP contribution is 2.28. The zero-order valence-electron chi connectivity index (χ0n) is 11.8. The molecule has 0 radical (unpaired) electrons. The van der Waals surface area contributed by atoms with Crippen LogP contribution in [0.3, 0.4) is 0 Å². The maximum absolute atomic E-state index is 12.2. The maximum atomic E-state index is 12.2. The molecule has 114 valence electrons. The molecule has 3 rings (SSSR count). The molecule has 0 saturated heterocycles. The molecule has 2 aromatic carbocycles. The molecule has 0 unspecified atom stereocenters. The first-order chi connectivity index (χ1) is 10.4. The highest BCUT2D eigenvalue weighted by atomic mass is 19.4. The Bertz CT molecular complexity index is 708. The van der Waals surface area contributed by atoms with Gasteiger partial charge >= 0.3 is 6.36 Å². The summed E-state index contributed by atoms with van der Waals surface area (Å²) in [6.07, 6.45) is -2.87. The summed E-state index contributed by atoms with van der Waals surface area (Å²) in [6, 6.07) is 11.8. The lowest BCUT2D eigenvalue weighted by Gasteiger charge is -2.20. The molecule has 2 aromatic rings. The average Bonchev–Trinajstić information content (AvgIpc) is 2.45. The summed E-state index contributed by atoms with van der Waals surface area (Å²) in [4.78, 5) is 0. The second-order valence-corrected chi connectivity index (χ2v) is 5.05. The number of ether oxygens (including phenoxy) is 1. The van der Waals surface area contributed by atoms with Crippen molar-refractivity contribution in [2.75, 3.05) is 7.05 Å². The van der Waals surface area contributed by atoms with Crippen LogP contribution in [0.1, 0.15) is 11.1 Å². The minimum atomic E-state index is -4.67. The molecular formula is C16H13F3N2O. The van der Waals surface area contributed by atoms with Crippen LogP contribution in [-0.2, 0) is 6.54 Å². The minimum Gasteiger partial charge on any atom is -0.406 e. The molecule has 1 heterocycles. The third-order valence-electron chi connectivity index (χ3n) is 3.36. The van der Waals surface area contributed by atoms with Gasteiger partial charge in [0.1, 0.15) is 5.75 Å². The van der Waals surface area contributed by atoms with Crippen LogP contribution in [-0.4, -0.2) is 24.6 Å². The van der Waals surface area contributed by atoms with E-state index in [1.807, 2.05) is 30.3 Å². The Labute approximate surface area is 125 Å². The van der Waals surface area contributed by atoms with Gasteiger partial charge in [0.15, 0.2) is 0 Å². The van der Waals surface area contributed by atoms with E-state index in [0.29, 0.717) is 6.54 Å². The van der Waals surface area contributed by atoms with Gasteiger partial charge in [-0.2, -0.15) is 5.10 Å². The van der Waals surface area contributed by atoms with E-state index in [0.717, 1.165) is 22.3 Å². The molecule has 0 fully saturated rings. The smallest absolute Gasteiger partial charge is 0.406 e. The van der Waals surface area contributed by atoms with E-state index in [2.05, 4.69) is 9.84 Å². The standard InChI is InChI=1S/C16H13F3N2O/c1-21-10-14-8-12(2-3-13(14)9-20-21)11-4-6-15(7-5-11)22-16(17,18)19/h2-9H,10H2,1H3. The summed E-state index contributed by atoms with van der Waals surface area (Å²) in [5, 5.41) is 6.03. The van der Waals surface area contributed by atoms with Crippen LogP contribution >= 0.6 is 0 Å². The van der Waals surface area contributed by atoms with Gasteiger partial charge in [0, 0.05) is 7.05 Å². The molecule has 0 saturated carbocycles. The Hall–Kier alpha value is -2.50. The van der Waals surface area contributed by atoms with Crippen molar-refractivity contribution in [2.45, 2.75) is 12.9 Å². The molecule has 0 N–H and O–H groups in total. The summed E-state index contributed by atoms with van der Waals surface area (Å²) in [5.41, 5.74) is 3.97. The fourth-order valence-electron chi connectivity index (χ4n) is 2.35. The number of rotatable bonds is 2. The van der Waals surface area contributed by atoms with Crippen molar-refractivity contribution < 1.29 is 17.9 Å². The highest BCUT2D eigenvalue weighted by molar-refractivity contribution is 5.84. The van der Waals surface area contributed by atoms with Gasteiger partial charge in [-0.3, -0.25) is 5.01 Å². The zero-order chi connectivity index (χ0) is 15.7. The maximum Gasteiger partial charge on any atom is 0.573 e. The van der Waals surface area contributed by atoms with E-state index in [1.165, 1.54) is 12.1 Å². The first-order valence-electron chi connectivity index (χ1n) is 6.65. The molecular weight excluding hydrogens is 293 g/mol. The van der Waals surface area contributed by atoms with E-state index < -0.39 is 6.36 Å². The van der Waals surface area contributed by atoms with Crippen LogP contribution in [0.4, 0.5) is 13.2 Å². The molecule has 3 nitrogen and oxygen atoms in total. The summed E-state index contributed by atoms with van der Waals surface area (Å²) < 4.78 is 40.3. The summed E-state index contributed by atoms with van der Waals surface area (Å²) >= 11 is 0. The number of fused-ring (bicyclic) bond motifs is 1. The Morgan fingerprint density at radius 3 is 2.41 bits per heavy atom. The lowest BCUT2D eigenvalue weighted by Crippen LogP contribution is -2.17. The van der Waals surface area contributed by atoms with Gasteiger partial charge in [0.25, 0.3) is 0 Å². The monoisotopic (exact) mass is 306 g/mol. The van der Waals surface area contributed by atoms with E-state index in [4.69, 9.17) is 0 Å². The van der Waals surface area contributed by atoms with Crippen LogP contribution in [0.2, 0.25) is 0 Å². The Kier molecular flexibility index (Phi) is 3.52. The van der Waals surface area contributed by atoms with E-state index in [-0.39, 0.29) is 5.75 Å². The van der Waals surface area contributed by atoms with Crippen molar-refractivity contribution in [3.05, 3.63) is 53.6 Å². The van der Waals surface area contributed by atoms with Crippen LogP contribution in [0, 0.1) is 0 Å². The van der Waals surface area contributed by atoms with Gasteiger partial charge in [-0.05, 0) is 40.5 Å². The lowest BCUT2D eigenvalue weighted by atomic mass is 9.99. The molecule has 1 aliphatic rings.